The first-order valence-corrected chi connectivity index (χ1v) is 15.7. The van der Waals surface area contributed by atoms with E-state index in [1.165, 1.54) is 28.0 Å². The van der Waals surface area contributed by atoms with Crippen molar-refractivity contribution in [3.8, 4) is 17.6 Å². The Hall–Kier alpha value is -5.79. The molecular weight excluding hydrogens is 615 g/mol. The van der Waals surface area contributed by atoms with Gasteiger partial charge in [-0.1, -0.05) is 65.9 Å². The zero-order valence-corrected chi connectivity index (χ0v) is 26.4. The van der Waals surface area contributed by atoms with Crippen molar-refractivity contribution in [2.24, 2.45) is 4.99 Å². The number of rotatable bonds is 9. The monoisotopic (exact) mass is 644 g/mol. The first kappa shape index (κ1) is 31.2. The van der Waals surface area contributed by atoms with E-state index < -0.39 is 17.8 Å². The molecule has 1 atom stereocenters. The molecule has 0 spiro atoms. The topological polar surface area (TPSA) is 106 Å². The molecule has 10 heteroatoms. The minimum atomic E-state index is -0.830. The number of ether oxygens (including phenoxy) is 2. The van der Waals surface area contributed by atoms with Gasteiger partial charge in [0.1, 0.15) is 12.4 Å². The molecule has 0 bridgehead atoms. The predicted molar refractivity (Wildman–Crippen MR) is 178 cm³/mol. The van der Waals surface area contributed by atoms with Gasteiger partial charge in [0.25, 0.3) is 11.5 Å². The number of aromatic nitrogens is 1. The maximum absolute atomic E-state index is 14.1. The number of halogens is 1. The molecule has 0 radical (unpaired) electrons. The van der Waals surface area contributed by atoms with Crippen molar-refractivity contribution < 1.29 is 18.7 Å². The summed E-state index contributed by atoms with van der Waals surface area (Å²) >= 11 is 1.20. The van der Waals surface area contributed by atoms with Gasteiger partial charge in [-0.25, -0.2) is 9.38 Å². The van der Waals surface area contributed by atoms with Crippen molar-refractivity contribution in [1.82, 2.24) is 4.57 Å². The predicted octanol–water partition coefficient (Wildman–Crippen LogP) is 5.86. The highest BCUT2D eigenvalue weighted by molar-refractivity contribution is 7.07. The second-order valence-electron chi connectivity index (χ2n) is 10.7. The standard InChI is InChI=1S/C37H29FN4O4S/c1-3-45-31-19-24(13-18-30(31)46-22-27-10-8-7-9-26(27)21-39)20-32-36(44)42-34(25-14-16-28(38)17-15-25)33(23(2)40-37(42)47-32)35(43)41-29-11-5-4-6-12-29/h4-20,34H,3,22H2,1-2H3,(H,41,43)/b32-20+/t34-/m0/s1. The van der Waals surface area contributed by atoms with E-state index in [9.17, 15) is 19.2 Å². The Bertz CT molecular complexity index is 2220. The van der Waals surface area contributed by atoms with Crippen LogP contribution in [-0.4, -0.2) is 17.1 Å². The molecule has 0 aliphatic carbocycles. The molecule has 1 aliphatic heterocycles. The number of nitriles is 1. The summed E-state index contributed by atoms with van der Waals surface area (Å²) in [7, 11) is 0. The lowest BCUT2D eigenvalue weighted by atomic mass is 9.95. The summed E-state index contributed by atoms with van der Waals surface area (Å²) < 4.78 is 27.8. The fourth-order valence-corrected chi connectivity index (χ4v) is 6.40. The minimum absolute atomic E-state index is 0.185. The number of nitrogens with one attached hydrogen (secondary N) is 1. The highest BCUT2D eigenvalue weighted by Crippen LogP contribution is 2.32. The molecule has 234 valence electrons. The van der Waals surface area contributed by atoms with Crippen LogP contribution in [0.2, 0.25) is 0 Å². The van der Waals surface area contributed by atoms with Gasteiger partial charge < -0.3 is 14.8 Å². The smallest absolute Gasteiger partial charge is 0.271 e. The van der Waals surface area contributed by atoms with Gasteiger partial charge in [0, 0.05) is 11.3 Å². The van der Waals surface area contributed by atoms with Crippen LogP contribution in [0.25, 0.3) is 6.08 Å². The maximum atomic E-state index is 14.1. The number of hydrogen-bond donors (Lipinski definition) is 1. The molecule has 1 N–H and O–H groups in total. The Balaban J connectivity index is 1.38. The molecule has 6 rings (SSSR count). The van der Waals surface area contributed by atoms with E-state index in [0.717, 1.165) is 5.56 Å². The fourth-order valence-electron chi connectivity index (χ4n) is 5.36. The second-order valence-corrected chi connectivity index (χ2v) is 11.7. The third-order valence-corrected chi connectivity index (χ3v) is 8.55. The zero-order valence-electron chi connectivity index (χ0n) is 25.6. The van der Waals surface area contributed by atoms with Crippen LogP contribution in [0.3, 0.4) is 0 Å². The van der Waals surface area contributed by atoms with E-state index in [-0.39, 0.29) is 17.7 Å². The third kappa shape index (κ3) is 6.61. The van der Waals surface area contributed by atoms with Crippen molar-refractivity contribution in [3.05, 3.63) is 156 Å². The van der Waals surface area contributed by atoms with Gasteiger partial charge in [-0.2, -0.15) is 5.26 Å². The molecular formula is C37H29FN4O4S. The molecule has 1 aromatic heterocycles. The van der Waals surface area contributed by atoms with Crippen LogP contribution in [0.1, 0.15) is 42.1 Å². The lowest BCUT2D eigenvalue weighted by molar-refractivity contribution is -0.113. The number of hydrogen-bond acceptors (Lipinski definition) is 7. The number of carbonyl (C=O) groups excluding carboxylic acids is 1. The number of allylic oxidation sites excluding steroid dienone is 1. The molecule has 8 nitrogen and oxygen atoms in total. The Labute approximate surface area is 274 Å². The number of para-hydroxylation sites is 1. The number of anilines is 1. The number of carbonyl (C=O) groups is 1. The van der Waals surface area contributed by atoms with Crippen molar-refractivity contribution in [3.63, 3.8) is 0 Å². The van der Waals surface area contributed by atoms with E-state index >= 15 is 0 Å². The van der Waals surface area contributed by atoms with Gasteiger partial charge in [-0.05, 0) is 73.5 Å². The summed E-state index contributed by atoms with van der Waals surface area (Å²) in [4.78, 5) is 32.9. The molecule has 0 fully saturated rings. The first-order valence-electron chi connectivity index (χ1n) is 14.9. The quantitative estimate of drug-likeness (QED) is 0.216. The van der Waals surface area contributed by atoms with Crippen LogP contribution < -0.4 is 29.7 Å². The van der Waals surface area contributed by atoms with E-state index in [2.05, 4.69) is 16.4 Å². The molecule has 1 aliphatic rings. The number of thiazole rings is 1. The Morgan fingerprint density at radius 3 is 2.51 bits per heavy atom. The summed E-state index contributed by atoms with van der Waals surface area (Å²) in [6.45, 7) is 4.17. The molecule has 0 unspecified atom stereocenters. The van der Waals surface area contributed by atoms with E-state index in [1.807, 2.05) is 43.3 Å². The maximum Gasteiger partial charge on any atom is 0.271 e. The molecule has 0 saturated heterocycles. The molecule has 5 aromatic rings. The summed E-state index contributed by atoms with van der Waals surface area (Å²) in [6.07, 6.45) is 1.74. The molecule has 2 heterocycles. The van der Waals surface area contributed by atoms with Crippen molar-refractivity contribution in [2.75, 3.05) is 11.9 Å². The first-order chi connectivity index (χ1) is 22.9. The van der Waals surface area contributed by atoms with Crippen LogP contribution in [0, 0.1) is 17.1 Å². The van der Waals surface area contributed by atoms with Gasteiger partial charge in [0.2, 0.25) is 0 Å². The number of amides is 1. The molecule has 47 heavy (non-hydrogen) atoms. The van der Waals surface area contributed by atoms with Crippen molar-refractivity contribution in [1.29, 1.82) is 5.26 Å². The fraction of sp³-hybridized carbons (Fsp3) is 0.135. The average molecular weight is 645 g/mol. The number of fused-ring (bicyclic) bond motifs is 1. The summed E-state index contributed by atoms with van der Waals surface area (Å²) in [5.74, 6) is 0.155. The Morgan fingerprint density at radius 2 is 1.77 bits per heavy atom. The largest absolute Gasteiger partial charge is 0.490 e. The van der Waals surface area contributed by atoms with E-state index in [4.69, 9.17) is 9.47 Å². The van der Waals surface area contributed by atoms with Crippen LogP contribution in [0.15, 0.2) is 118 Å². The lowest BCUT2D eigenvalue weighted by Crippen LogP contribution is -2.40. The summed E-state index contributed by atoms with van der Waals surface area (Å²) in [5, 5.41) is 12.3. The minimum Gasteiger partial charge on any atom is -0.490 e. The average Bonchev–Trinajstić information content (AvgIpc) is 3.38. The Morgan fingerprint density at radius 1 is 1.02 bits per heavy atom. The van der Waals surface area contributed by atoms with Gasteiger partial charge in [0.15, 0.2) is 16.3 Å². The Kier molecular flexibility index (Phi) is 9.09. The zero-order chi connectivity index (χ0) is 32.9. The lowest BCUT2D eigenvalue weighted by Gasteiger charge is -2.25. The third-order valence-electron chi connectivity index (χ3n) is 7.57. The normalized spacial score (nSPS) is 14.2. The molecule has 4 aromatic carbocycles. The van der Waals surface area contributed by atoms with Crippen LogP contribution in [0.4, 0.5) is 10.1 Å². The van der Waals surface area contributed by atoms with Crippen molar-refractivity contribution in [2.45, 2.75) is 26.5 Å². The molecule has 0 saturated carbocycles. The van der Waals surface area contributed by atoms with Gasteiger partial charge in [0.05, 0.1) is 40.1 Å². The number of nitrogens with zero attached hydrogens (tertiary/aromatic N) is 3. The van der Waals surface area contributed by atoms with E-state index in [1.54, 1.807) is 61.5 Å². The van der Waals surface area contributed by atoms with Gasteiger partial charge in [-0.3, -0.25) is 14.2 Å². The summed E-state index contributed by atoms with van der Waals surface area (Å²) in [5.41, 5.74) is 3.56. The van der Waals surface area contributed by atoms with Crippen LogP contribution in [0.5, 0.6) is 11.5 Å². The molecule has 1 amide bonds. The van der Waals surface area contributed by atoms with E-state index in [0.29, 0.717) is 55.5 Å². The van der Waals surface area contributed by atoms with Gasteiger partial charge >= 0.3 is 0 Å². The van der Waals surface area contributed by atoms with Crippen molar-refractivity contribution >= 4 is 29.0 Å². The highest BCUT2D eigenvalue weighted by atomic mass is 32.1. The number of benzene rings is 4. The second kappa shape index (κ2) is 13.7. The van der Waals surface area contributed by atoms with Crippen LogP contribution in [-0.2, 0) is 11.4 Å². The van der Waals surface area contributed by atoms with Gasteiger partial charge in [-0.15, -0.1) is 0 Å². The van der Waals surface area contributed by atoms with Crippen LogP contribution >= 0.6 is 11.3 Å². The summed E-state index contributed by atoms with van der Waals surface area (Å²) in [6, 6.07) is 28.7. The highest BCUT2D eigenvalue weighted by Gasteiger charge is 2.32. The SMILES string of the molecule is CCOc1cc(/C=c2/sc3n(c2=O)[C@@H](c2ccc(F)cc2)C(C(=O)Nc2ccccc2)=C(C)N=3)ccc1OCc1ccccc1C#N.